The predicted octanol–water partition coefficient (Wildman–Crippen LogP) is 5.88. The Balaban J connectivity index is 1.34. The van der Waals surface area contributed by atoms with Crippen molar-refractivity contribution < 1.29 is 14.6 Å². The number of imidazole rings is 1. The zero-order valence-electron chi connectivity index (χ0n) is 19.1. The van der Waals surface area contributed by atoms with E-state index in [4.69, 9.17) is 14.8 Å². The number of aromatic nitrogens is 2. The molecule has 0 saturated heterocycles. The van der Waals surface area contributed by atoms with Crippen LogP contribution in [0.2, 0.25) is 0 Å². The highest BCUT2D eigenvalue weighted by molar-refractivity contribution is 5.78. The Morgan fingerprint density at radius 1 is 0.971 bits per heavy atom. The second kappa shape index (κ2) is 9.96. The molecular formula is C29H28N2O3. The molecule has 0 fully saturated rings. The number of hydrogen-bond donors (Lipinski definition) is 1. The Hall–Kier alpha value is -3.86. The average Bonchev–Trinajstić information content (AvgIpc) is 3.31. The second-order valence-corrected chi connectivity index (χ2v) is 8.84. The molecule has 5 heteroatoms. The summed E-state index contributed by atoms with van der Waals surface area (Å²) >= 11 is 0. The zero-order chi connectivity index (χ0) is 23.3. The molecule has 1 aliphatic carbocycles. The summed E-state index contributed by atoms with van der Waals surface area (Å²) in [4.78, 5) is 15.7. The first-order valence-corrected chi connectivity index (χ1v) is 11.8. The van der Waals surface area contributed by atoms with Crippen LogP contribution in [-0.2, 0) is 24.2 Å². The first kappa shape index (κ1) is 22.0. The van der Waals surface area contributed by atoms with Gasteiger partial charge in [0.05, 0.1) is 17.7 Å². The Bertz CT molecular complexity index is 1270. The first-order valence-electron chi connectivity index (χ1n) is 11.8. The smallest absolute Gasteiger partial charge is 0.341 e. The van der Waals surface area contributed by atoms with Crippen molar-refractivity contribution in [3.05, 3.63) is 96.3 Å². The summed E-state index contributed by atoms with van der Waals surface area (Å²) in [6.07, 6.45) is 6.01. The maximum Gasteiger partial charge on any atom is 0.341 e. The maximum absolute atomic E-state index is 10.9. The summed E-state index contributed by atoms with van der Waals surface area (Å²) in [5, 5.41) is 8.95. The number of nitrogens with zero attached hydrogens (tertiary/aromatic N) is 2. The molecule has 5 rings (SSSR count). The van der Waals surface area contributed by atoms with Crippen LogP contribution >= 0.6 is 0 Å². The fraction of sp³-hybridized carbons (Fsp3) is 0.241. The lowest BCUT2D eigenvalue weighted by Crippen LogP contribution is -2.18. The van der Waals surface area contributed by atoms with Crippen LogP contribution < -0.4 is 4.74 Å². The van der Waals surface area contributed by atoms with Gasteiger partial charge in [-0.15, -0.1) is 0 Å². The molecule has 1 aliphatic rings. The molecule has 0 amide bonds. The molecule has 34 heavy (non-hydrogen) atoms. The molecule has 0 radical (unpaired) electrons. The molecule has 0 aliphatic heterocycles. The highest BCUT2D eigenvalue weighted by atomic mass is 16.5. The quantitative estimate of drug-likeness (QED) is 0.363. The van der Waals surface area contributed by atoms with Crippen molar-refractivity contribution in [1.82, 2.24) is 9.55 Å². The Morgan fingerprint density at radius 3 is 2.44 bits per heavy atom. The van der Waals surface area contributed by atoms with Crippen molar-refractivity contribution >= 4 is 5.97 Å². The third kappa shape index (κ3) is 4.74. The summed E-state index contributed by atoms with van der Waals surface area (Å²) in [5.74, 6) is 0.330. The number of carboxylic acid groups (broad SMARTS) is 1. The molecule has 1 unspecified atom stereocenters. The third-order valence-electron chi connectivity index (χ3n) is 6.60. The van der Waals surface area contributed by atoms with Crippen LogP contribution in [-0.4, -0.2) is 27.2 Å². The zero-order valence-corrected chi connectivity index (χ0v) is 19.1. The normalized spacial score (nSPS) is 15.0. The molecule has 172 valence electrons. The van der Waals surface area contributed by atoms with Gasteiger partial charge in [-0.1, -0.05) is 72.8 Å². The molecule has 1 heterocycles. The predicted molar refractivity (Wildman–Crippen MR) is 133 cm³/mol. The van der Waals surface area contributed by atoms with E-state index in [-0.39, 0.29) is 6.61 Å². The second-order valence-electron chi connectivity index (χ2n) is 8.84. The summed E-state index contributed by atoms with van der Waals surface area (Å²) < 4.78 is 7.82. The minimum absolute atomic E-state index is 0.299. The molecule has 0 bridgehead atoms. The summed E-state index contributed by atoms with van der Waals surface area (Å²) in [6, 6.07) is 26.8. The van der Waals surface area contributed by atoms with E-state index in [0.717, 1.165) is 49.2 Å². The fourth-order valence-corrected chi connectivity index (χ4v) is 4.95. The van der Waals surface area contributed by atoms with E-state index >= 15 is 0 Å². The lowest BCUT2D eigenvalue weighted by molar-refractivity contribution is -0.139. The molecular weight excluding hydrogens is 424 g/mol. The topological polar surface area (TPSA) is 64.3 Å². The van der Waals surface area contributed by atoms with E-state index in [9.17, 15) is 4.79 Å². The molecule has 1 N–H and O–H groups in total. The van der Waals surface area contributed by atoms with Crippen LogP contribution in [0.3, 0.4) is 0 Å². The molecule has 4 aromatic rings. The number of ether oxygens (including phenoxy) is 1. The van der Waals surface area contributed by atoms with E-state index in [2.05, 4.69) is 59.2 Å². The van der Waals surface area contributed by atoms with Crippen molar-refractivity contribution in [3.8, 4) is 28.3 Å². The third-order valence-corrected chi connectivity index (χ3v) is 6.60. The number of carboxylic acids is 1. The van der Waals surface area contributed by atoms with Gasteiger partial charge in [-0.05, 0) is 48.8 Å². The van der Waals surface area contributed by atoms with Crippen molar-refractivity contribution in [2.45, 2.75) is 32.2 Å². The van der Waals surface area contributed by atoms with Crippen LogP contribution in [0.25, 0.3) is 22.5 Å². The van der Waals surface area contributed by atoms with Crippen LogP contribution in [0, 0.1) is 5.92 Å². The number of benzene rings is 3. The number of carbonyl (C=O) groups is 1. The van der Waals surface area contributed by atoms with Gasteiger partial charge < -0.3 is 14.4 Å². The van der Waals surface area contributed by atoms with Crippen LogP contribution in [0.5, 0.6) is 5.75 Å². The van der Waals surface area contributed by atoms with Crippen LogP contribution in [0.4, 0.5) is 0 Å². The van der Waals surface area contributed by atoms with Gasteiger partial charge >= 0.3 is 5.97 Å². The highest BCUT2D eigenvalue weighted by Gasteiger charge is 2.23. The molecule has 1 atom stereocenters. The van der Waals surface area contributed by atoms with Crippen LogP contribution in [0.1, 0.15) is 24.0 Å². The van der Waals surface area contributed by atoms with Crippen LogP contribution in [0.15, 0.2) is 85.2 Å². The molecule has 0 spiro atoms. The van der Waals surface area contributed by atoms with Gasteiger partial charge in [0.1, 0.15) is 5.75 Å². The van der Waals surface area contributed by atoms with E-state index in [0.29, 0.717) is 11.7 Å². The summed E-state index contributed by atoms with van der Waals surface area (Å²) in [6.45, 7) is 0.603. The van der Waals surface area contributed by atoms with Gasteiger partial charge in [-0.3, -0.25) is 0 Å². The minimum atomic E-state index is -0.948. The van der Waals surface area contributed by atoms with Gasteiger partial charge in [0.15, 0.2) is 6.61 Å². The number of aryl methyl sites for hydroxylation is 1. The van der Waals surface area contributed by atoms with Crippen molar-refractivity contribution in [2.75, 3.05) is 6.61 Å². The number of hydrogen-bond acceptors (Lipinski definition) is 3. The molecule has 0 saturated carbocycles. The lowest BCUT2D eigenvalue weighted by atomic mass is 9.82. The van der Waals surface area contributed by atoms with Gasteiger partial charge in [-0.2, -0.15) is 0 Å². The number of rotatable bonds is 8. The minimum Gasteiger partial charge on any atom is -0.482 e. The maximum atomic E-state index is 10.9. The summed E-state index contributed by atoms with van der Waals surface area (Å²) in [5.41, 5.74) is 6.92. The molecule has 5 nitrogen and oxygen atoms in total. The van der Waals surface area contributed by atoms with Crippen molar-refractivity contribution in [1.29, 1.82) is 0 Å². The average molecular weight is 453 g/mol. The fourth-order valence-electron chi connectivity index (χ4n) is 4.95. The van der Waals surface area contributed by atoms with Gasteiger partial charge in [0, 0.05) is 17.7 Å². The Kier molecular flexibility index (Phi) is 6.43. The van der Waals surface area contributed by atoms with Gasteiger partial charge in [0.2, 0.25) is 0 Å². The van der Waals surface area contributed by atoms with E-state index in [1.165, 1.54) is 16.7 Å². The van der Waals surface area contributed by atoms with Crippen molar-refractivity contribution in [3.63, 3.8) is 0 Å². The van der Waals surface area contributed by atoms with Gasteiger partial charge in [0.25, 0.3) is 0 Å². The van der Waals surface area contributed by atoms with E-state index in [1.54, 1.807) is 0 Å². The number of fused-ring (bicyclic) bond motifs is 1. The van der Waals surface area contributed by atoms with Crippen molar-refractivity contribution in [2.24, 2.45) is 5.92 Å². The largest absolute Gasteiger partial charge is 0.482 e. The SMILES string of the molecule is O=C(O)COc1cccc2c1CCC(CCn1cnc(-c3ccccc3)c1-c1ccccc1)C2. The molecule has 1 aromatic heterocycles. The van der Waals surface area contributed by atoms with E-state index < -0.39 is 5.97 Å². The lowest BCUT2D eigenvalue weighted by Gasteiger charge is -2.26. The highest BCUT2D eigenvalue weighted by Crippen LogP contribution is 2.35. The first-order chi connectivity index (χ1) is 16.7. The van der Waals surface area contributed by atoms with E-state index in [1.807, 2.05) is 30.6 Å². The van der Waals surface area contributed by atoms with Gasteiger partial charge in [-0.25, -0.2) is 9.78 Å². The monoisotopic (exact) mass is 452 g/mol. The Labute approximate surface area is 199 Å². The standard InChI is InChI=1S/C29H28N2O3/c32-27(33)19-34-26-13-7-12-24-18-21(14-15-25(24)26)16-17-31-20-30-28(22-8-3-1-4-9-22)29(31)23-10-5-2-6-11-23/h1-13,20-21H,14-19H2,(H,32,33). The Morgan fingerprint density at radius 2 is 1.71 bits per heavy atom. The summed E-state index contributed by atoms with van der Waals surface area (Å²) in [7, 11) is 0. The number of aliphatic carboxylic acids is 1. The molecule has 3 aromatic carbocycles.